The molecule has 17 heavy (non-hydrogen) atoms. The van der Waals surface area contributed by atoms with Crippen LogP contribution >= 0.6 is 15.9 Å². The minimum atomic E-state index is 0.444. The van der Waals surface area contributed by atoms with Gasteiger partial charge in [0.2, 0.25) is 0 Å². The van der Waals surface area contributed by atoms with E-state index >= 15 is 0 Å². The number of anilines is 1. The first kappa shape index (κ1) is 12.3. The highest BCUT2D eigenvalue weighted by atomic mass is 79.9. The Balaban J connectivity index is 2.31. The number of hydrogen-bond acceptors (Lipinski definition) is 3. The fourth-order valence-electron chi connectivity index (χ4n) is 1.66. The molecular weight excluding hydrogens is 278 g/mol. The van der Waals surface area contributed by atoms with Crippen molar-refractivity contribution in [2.45, 2.75) is 6.92 Å². The van der Waals surface area contributed by atoms with Crippen LogP contribution < -0.4 is 11.1 Å². The van der Waals surface area contributed by atoms with Crippen LogP contribution in [0.25, 0.3) is 10.8 Å². The zero-order chi connectivity index (χ0) is 12.3. The maximum absolute atomic E-state index is 5.61. The predicted molar refractivity (Wildman–Crippen MR) is 76.2 cm³/mol. The van der Waals surface area contributed by atoms with Gasteiger partial charge in [0, 0.05) is 28.0 Å². The number of halogens is 1. The Morgan fingerprint density at radius 2 is 2.18 bits per heavy atom. The van der Waals surface area contributed by atoms with Gasteiger partial charge in [0.05, 0.1) is 0 Å². The van der Waals surface area contributed by atoms with Gasteiger partial charge in [-0.25, -0.2) is 4.98 Å². The molecule has 1 atom stereocenters. The number of hydrogen-bond donors (Lipinski definition) is 2. The quantitative estimate of drug-likeness (QED) is 0.911. The van der Waals surface area contributed by atoms with Crippen LogP contribution in [0.15, 0.2) is 34.9 Å². The average molecular weight is 294 g/mol. The molecule has 0 radical (unpaired) electrons. The molecule has 1 aromatic heterocycles. The summed E-state index contributed by atoms with van der Waals surface area (Å²) in [6, 6.07) is 8.14. The number of aromatic nitrogens is 1. The third-order valence-electron chi connectivity index (χ3n) is 2.77. The molecule has 0 bridgehead atoms. The Labute approximate surface area is 110 Å². The summed E-state index contributed by atoms with van der Waals surface area (Å²) in [5, 5.41) is 5.66. The highest BCUT2D eigenvalue weighted by molar-refractivity contribution is 9.10. The number of fused-ring (bicyclic) bond motifs is 1. The number of nitrogens with zero attached hydrogens (tertiary/aromatic N) is 1. The number of nitrogens with two attached hydrogens (primary N) is 1. The molecule has 0 aliphatic heterocycles. The molecule has 0 spiro atoms. The summed E-state index contributed by atoms with van der Waals surface area (Å²) in [4.78, 5) is 4.38. The van der Waals surface area contributed by atoms with E-state index in [9.17, 15) is 0 Å². The first-order valence-corrected chi connectivity index (χ1v) is 6.49. The van der Waals surface area contributed by atoms with Gasteiger partial charge in [-0.15, -0.1) is 0 Å². The maximum atomic E-state index is 5.61. The van der Waals surface area contributed by atoms with E-state index in [-0.39, 0.29) is 0 Å². The van der Waals surface area contributed by atoms with Crippen molar-refractivity contribution in [3.63, 3.8) is 0 Å². The smallest absolute Gasteiger partial charge is 0.133 e. The Hall–Kier alpha value is -1.13. The topological polar surface area (TPSA) is 50.9 Å². The lowest BCUT2D eigenvalue weighted by molar-refractivity contribution is 0.627. The van der Waals surface area contributed by atoms with E-state index < -0.39 is 0 Å². The fraction of sp³-hybridized carbons (Fsp3) is 0.308. The van der Waals surface area contributed by atoms with Crippen molar-refractivity contribution in [3.05, 3.63) is 34.9 Å². The Bertz CT molecular complexity index is 513. The molecule has 2 aromatic rings. The van der Waals surface area contributed by atoms with Crippen LogP contribution in [-0.4, -0.2) is 18.1 Å². The van der Waals surface area contributed by atoms with Crippen LogP contribution in [0.5, 0.6) is 0 Å². The molecule has 4 heteroatoms. The third-order valence-corrected chi connectivity index (χ3v) is 3.46. The van der Waals surface area contributed by atoms with Crippen molar-refractivity contribution < 1.29 is 0 Å². The van der Waals surface area contributed by atoms with Crippen LogP contribution in [0.2, 0.25) is 0 Å². The molecule has 90 valence electrons. The molecule has 1 heterocycles. The summed E-state index contributed by atoms with van der Waals surface area (Å²) < 4.78 is 1.09. The second-order valence-corrected chi connectivity index (χ2v) is 5.07. The Kier molecular flexibility index (Phi) is 3.97. The van der Waals surface area contributed by atoms with Crippen LogP contribution in [0, 0.1) is 5.92 Å². The van der Waals surface area contributed by atoms with Crippen LogP contribution in [-0.2, 0) is 0 Å². The van der Waals surface area contributed by atoms with E-state index in [0.29, 0.717) is 12.5 Å². The maximum Gasteiger partial charge on any atom is 0.133 e. The molecule has 0 fully saturated rings. The lowest BCUT2D eigenvalue weighted by Gasteiger charge is -2.12. The molecule has 0 amide bonds. The lowest BCUT2D eigenvalue weighted by atomic mass is 10.1. The molecule has 1 unspecified atom stereocenters. The molecule has 0 aliphatic carbocycles. The number of rotatable bonds is 4. The fourth-order valence-corrected chi connectivity index (χ4v) is 2.16. The van der Waals surface area contributed by atoms with Crippen LogP contribution in [0.3, 0.4) is 0 Å². The van der Waals surface area contributed by atoms with Gasteiger partial charge in [-0.05, 0) is 24.6 Å². The van der Waals surface area contributed by atoms with Gasteiger partial charge in [0.25, 0.3) is 0 Å². The number of pyridine rings is 1. The second-order valence-electron chi connectivity index (χ2n) is 4.22. The average Bonchev–Trinajstić information content (AvgIpc) is 2.36. The van der Waals surface area contributed by atoms with Crippen molar-refractivity contribution in [1.82, 2.24) is 4.98 Å². The molecule has 3 nitrogen and oxygen atoms in total. The van der Waals surface area contributed by atoms with Gasteiger partial charge in [-0.3, -0.25) is 0 Å². The Morgan fingerprint density at radius 1 is 1.35 bits per heavy atom. The van der Waals surface area contributed by atoms with Crippen molar-refractivity contribution >= 4 is 32.5 Å². The van der Waals surface area contributed by atoms with Crippen LogP contribution in [0.4, 0.5) is 5.82 Å². The minimum absolute atomic E-state index is 0.444. The number of nitrogens with one attached hydrogen (secondary N) is 1. The highest BCUT2D eigenvalue weighted by Gasteiger charge is 2.05. The summed E-state index contributed by atoms with van der Waals surface area (Å²) in [7, 11) is 0. The van der Waals surface area contributed by atoms with Gasteiger partial charge in [0.15, 0.2) is 0 Å². The number of benzene rings is 1. The van der Waals surface area contributed by atoms with Gasteiger partial charge in [-0.1, -0.05) is 35.0 Å². The molecule has 0 saturated carbocycles. The molecule has 1 aromatic carbocycles. The normalized spacial score (nSPS) is 12.6. The third kappa shape index (κ3) is 2.76. The Morgan fingerprint density at radius 3 is 2.94 bits per heavy atom. The molecule has 3 N–H and O–H groups in total. The van der Waals surface area contributed by atoms with Crippen LogP contribution in [0.1, 0.15) is 6.92 Å². The van der Waals surface area contributed by atoms with E-state index in [4.69, 9.17) is 5.73 Å². The standard InChI is InChI=1S/C13H16BrN3/c1-9(7-15)8-17-13-11-3-2-4-12(14)10(11)5-6-16-13/h2-6,9H,7-8,15H2,1H3,(H,16,17). The molecular formula is C13H16BrN3. The zero-order valence-corrected chi connectivity index (χ0v) is 11.4. The van der Waals surface area contributed by atoms with Gasteiger partial charge < -0.3 is 11.1 Å². The second kappa shape index (κ2) is 5.47. The first-order chi connectivity index (χ1) is 8.22. The molecule has 0 aliphatic rings. The zero-order valence-electron chi connectivity index (χ0n) is 9.78. The molecule has 2 rings (SSSR count). The summed E-state index contributed by atoms with van der Waals surface area (Å²) in [5.74, 6) is 1.36. The minimum Gasteiger partial charge on any atom is -0.369 e. The van der Waals surface area contributed by atoms with Crippen molar-refractivity contribution in [2.75, 3.05) is 18.4 Å². The monoisotopic (exact) mass is 293 g/mol. The lowest BCUT2D eigenvalue weighted by Crippen LogP contribution is -2.20. The van der Waals surface area contributed by atoms with E-state index in [2.05, 4.69) is 39.2 Å². The predicted octanol–water partition coefficient (Wildman–Crippen LogP) is 3.00. The van der Waals surface area contributed by atoms with E-state index in [0.717, 1.165) is 22.2 Å². The van der Waals surface area contributed by atoms with E-state index in [1.807, 2.05) is 24.4 Å². The largest absolute Gasteiger partial charge is 0.369 e. The van der Waals surface area contributed by atoms with Crippen molar-refractivity contribution in [3.8, 4) is 0 Å². The summed E-state index contributed by atoms with van der Waals surface area (Å²) in [5.41, 5.74) is 5.61. The summed E-state index contributed by atoms with van der Waals surface area (Å²) >= 11 is 3.55. The SMILES string of the molecule is CC(CN)CNc1nccc2c(Br)cccc12. The summed E-state index contributed by atoms with van der Waals surface area (Å²) in [6.45, 7) is 3.64. The van der Waals surface area contributed by atoms with Gasteiger partial charge in [-0.2, -0.15) is 0 Å². The highest BCUT2D eigenvalue weighted by Crippen LogP contribution is 2.27. The van der Waals surface area contributed by atoms with Crippen molar-refractivity contribution in [1.29, 1.82) is 0 Å². The van der Waals surface area contributed by atoms with Crippen molar-refractivity contribution in [2.24, 2.45) is 11.7 Å². The van der Waals surface area contributed by atoms with Gasteiger partial charge in [0.1, 0.15) is 5.82 Å². The van der Waals surface area contributed by atoms with Gasteiger partial charge >= 0.3 is 0 Å². The van der Waals surface area contributed by atoms with E-state index in [1.54, 1.807) is 0 Å². The van der Waals surface area contributed by atoms with E-state index in [1.165, 1.54) is 5.39 Å². The summed E-state index contributed by atoms with van der Waals surface area (Å²) in [6.07, 6.45) is 1.82. The first-order valence-electron chi connectivity index (χ1n) is 5.69. The molecule has 0 saturated heterocycles.